The van der Waals surface area contributed by atoms with Crippen molar-refractivity contribution in [3.63, 3.8) is 0 Å². The van der Waals surface area contributed by atoms with E-state index in [0.29, 0.717) is 36.2 Å². The van der Waals surface area contributed by atoms with E-state index in [1.54, 1.807) is 27.9 Å². The van der Waals surface area contributed by atoms with E-state index < -0.39 is 0 Å². The Morgan fingerprint density at radius 2 is 2.24 bits per heavy atom. The average molecular weight is 419 g/mol. The van der Waals surface area contributed by atoms with Crippen LogP contribution in [-0.4, -0.2) is 58.8 Å². The fourth-order valence-corrected chi connectivity index (χ4v) is 4.07. The molecule has 2 fully saturated rings. The molecule has 154 valence electrons. The van der Waals surface area contributed by atoms with E-state index in [-0.39, 0.29) is 30.2 Å². The standard InChI is InChI=1S/C20H24ClFN6O/c1-3-23-20(25-17-9-14(17)19-15(21)5-4-6-16(19)22)27-7-8-28(18(29)12-27)13-10-24-26(2)11-13/h4-6,10-11,14,17H,3,7-9,12H2,1-2H3,(H,23,25). The second-order valence-corrected chi connectivity index (χ2v) is 7.77. The molecule has 1 N–H and O–H groups in total. The number of piperazine rings is 1. The van der Waals surface area contributed by atoms with Crippen molar-refractivity contribution in [1.29, 1.82) is 0 Å². The van der Waals surface area contributed by atoms with Crippen LogP contribution in [-0.2, 0) is 11.8 Å². The van der Waals surface area contributed by atoms with Gasteiger partial charge in [0, 0.05) is 55.4 Å². The molecule has 0 bridgehead atoms. The molecule has 1 aliphatic carbocycles. The lowest BCUT2D eigenvalue weighted by molar-refractivity contribution is -0.120. The Morgan fingerprint density at radius 3 is 2.90 bits per heavy atom. The number of hydrogen-bond donors (Lipinski definition) is 1. The molecule has 2 unspecified atom stereocenters. The van der Waals surface area contributed by atoms with Crippen molar-refractivity contribution in [2.45, 2.75) is 25.3 Å². The van der Waals surface area contributed by atoms with Gasteiger partial charge in [0.05, 0.1) is 11.9 Å². The number of aryl methyl sites for hydroxylation is 1. The Bertz CT molecular complexity index is 925. The number of halogens is 2. The van der Waals surface area contributed by atoms with Gasteiger partial charge < -0.3 is 15.1 Å². The van der Waals surface area contributed by atoms with E-state index in [1.807, 2.05) is 25.1 Å². The number of carbonyl (C=O) groups is 1. The number of guanidine groups is 1. The first kappa shape index (κ1) is 19.7. The predicted octanol–water partition coefficient (Wildman–Crippen LogP) is 2.38. The number of aromatic nitrogens is 2. The van der Waals surface area contributed by atoms with Gasteiger partial charge in [-0.2, -0.15) is 5.10 Å². The van der Waals surface area contributed by atoms with Crippen LogP contribution in [0.25, 0.3) is 0 Å². The molecule has 2 atom stereocenters. The molecule has 1 amide bonds. The van der Waals surface area contributed by atoms with Gasteiger partial charge in [0.2, 0.25) is 5.91 Å². The molecule has 1 aliphatic heterocycles. The zero-order chi connectivity index (χ0) is 20.5. The van der Waals surface area contributed by atoms with Crippen LogP contribution in [0.2, 0.25) is 5.02 Å². The van der Waals surface area contributed by atoms with Gasteiger partial charge in [0.25, 0.3) is 0 Å². The van der Waals surface area contributed by atoms with Gasteiger partial charge in [0.15, 0.2) is 5.96 Å². The number of hydrogen-bond acceptors (Lipinski definition) is 3. The van der Waals surface area contributed by atoms with Crippen LogP contribution < -0.4 is 10.2 Å². The summed E-state index contributed by atoms with van der Waals surface area (Å²) in [7, 11) is 1.83. The molecule has 9 heteroatoms. The second kappa shape index (κ2) is 8.02. The maximum atomic E-state index is 14.2. The molecule has 1 saturated carbocycles. The Morgan fingerprint density at radius 1 is 1.41 bits per heavy atom. The zero-order valence-corrected chi connectivity index (χ0v) is 17.2. The zero-order valence-electron chi connectivity index (χ0n) is 16.5. The molecule has 2 heterocycles. The summed E-state index contributed by atoms with van der Waals surface area (Å²) in [6, 6.07) is 4.82. The average Bonchev–Trinajstić information content (AvgIpc) is 3.29. The van der Waals surface area contributed by atoms with Crippen molar-refractivity contribution in [2.24, 2.45) is 12.0 Å². The van der Waals surface area contributed by atoms with Gasteiger partial charge in [-0.1, -0.05) is 17.7 Å². The minimum Gasteiger partial charge on any atom is -0.353 e. The minimum atomic E-state index is -0.277. The number of amides is 1. The highest BCUT2D eigenvalue weighted by Crippen LogP contribution is 2.45. The maximum Gasteiger partial charge on any atom is 0.246 e. The van der Waals surface area contributed by atoms with Gasteiger partial charge in [-0.15, -0.1) is 0 Å². The highest BCUT2D eigenvalue weighted by atomic mass is 35.5. The Balaban J connectivity index is 1.42. The second-order valence-electron chi connectivity index (χ2n) is 7.37. The monoisotopic (exact) mass is 418 g/mol. The SMILES string of the molecule is CCN=C(NC1CC1c1c(F)cccc1Cl)N1CCN(c2cnn(C)c2)C(=O)C1. The molecule has 1 aromatic carbocycles. The molecule has 4 rings (SSSR count). The highest BCUT2D eigenvalue weighted by Gasteiger charge is 2.43. The van der Waals surface area contributed by atoms with Crippen LogP contribution in [0.1, 0.15) is 24.8 Å². The molecule has 0 spiro atoms. The van der Waals surface area contributed by atoms with E-state index in [2.05, 4.69) is 15.4 Å². The summed E-state index contributed by atoms with van der Waals surface area (Å²) in [5, 5.41) is 8.00. The summed E-state index contributed by atoms with van der Waals surface area (Å²) >= 11 is 6.21. The third-order valence-electron chi connectivity index (χ3n) is 5.31. The first-order valence-electron chi connectivity index (χ1n) is 9.76. The van der Waals surface area contributed by atoms with Crippen LogP contribution in [0, 0.1) is 5.82 Å². The molecule has 1 aromatic heterocycles. The van der Waals surface area contributed by atoms with E-state index in [9.17, 15) is 9.18 Å². The first-order chi connectivity index (χ1) is 14.0. The lowest BCUT2D eigenvalue weighted by Crippen LogP contribution is -2.55. The summed E-state index contributed by atoms with van der Waals surface area (Å²) in [5.74, 6) is 0.421. The molecule has 0 radical (unpaired) electrons. The maximum absolute atomic E-state index is 14.2. The van der Waals surface area contributed by atoms with E-state index in [4.69, 9.17) is 11.6 Å². The van der Waals surface area contributed by atoms with Gasteiger partial charge in [0.1, 0.15) is 12.4 Å². The van der Waals surface area contributed by atoms with Gasteiger partial charge in [-0.25, -0.2) is 4.39 Å². The lowest BCUT2D eigenvalue weighted by Gasteiger charge is -2.35. The van der Waals surface area contributed by atoms with Gasteiger partial charge in [-0.05, 0) is 25.5 Å². The Kier molecular flexibility index (Phi) is 5.45. The van der Waals surface area contributed by atoms with Gasteiger partial charge >= 0.3 is 0 Å². The number of carbonyl (C=O) groups excluding carboxylic acids is 1. The Hall–Kier alpha value is -2.61. The number of anilines is 1. The van der Waals surface area contributed by atoms with E-state index in [0.717, 1.165) is 12.1 Å². The van der Waals surface area contributed by atoms with E-state index in [1.165, 1.54) is 6.07 Å². The smallest absolute Gasteiger partial charge is 0.246 e. The first-order valence-corrected chi connectivity index (χ1v) is 10.1. The molecule has 1 saturated heterocycles. The van der Waals surface area contributed by atoms with Crippen molar-refractivity contribution >= 4 is 29.2 Å². The molecular weight excluding hydrogens is 395 g/mol. The van der Waals surface area contributed by atoms with E-state index >= 15 is 0 Å². The summed E-state index contributed by atoms with van der Waals surface area (Å²) in [5.41, 5.74) is 1.36. The van der Waals surface area contributed by atoms with Crippen LogP contribution in [0.3, 0.4) is 0 Å². The quantitative estimate of drug-likeness (QED) is 0.611. The van der Waals surface area contributed by atoms with Crippen molar-refractivity contribution in [3.05, 3.63) is 47.0 Å². The number of nitrogens with zero attached hydrogens (tertiary/aromatic N) is 5. The summed E-state index contributed by atoms with van der Waals surface area (Å²) in [6.45, 7) is 4.00. The summed E-state index contributed by atoms with van der Waals surface area (Å²) < 4.78 is 15.9. The molecule has 2 aromatic rings. The van der Waals surface area contributed by atoms with Crippen molar-refractivity contribution in [3.8, 4) is 0 Å². The van der Waals surface area contributed by atoms with Crippen LogP contribution >= 0.6 is 11.6 Å². The largest absolute Gasteiger partial charge is 0.353 e. The van der Waals surface area contributed by atoms with Crippen LogP contribution in [0.4, 0.5) is 10.1 Å². The third kappa shape index (κ3) is 4.07. The predicted molar refractivity (Wildman–Crippen MR) is 111 cm³/mol. The fraction of sp³-hybridized carbons (Fsp3) is 0.450. The molecule has 7 nitrogen and oxygen atoms in total. The van der Waals surface area contributed by atoms with Crippen molar-refractivity contribution in [2.75, 3.05) is 31.1 Å². The summed E-state index contributed by atoms with van der Waals surface area (Å²) in [6.07, 6.45) is 4.31. The fourth-order valence-electron chi connectivity index (χ4n) is 3.77. The van der Waals surface area contributed by atoms with Crippen molar-refractivity contribution < 1.29 is 9.18 Å². The van der Waals surface area contributed by atoms with Crippen LogP contribution in [0.5, 0.6) is 0 Å². The number of aliphatic imine (C=N–C) groups is 1. The van der Waals surface area contributed by atoms with Crippen molar-refractivity contribution in [1.82, 2.24) is 20.0 Å². The number of benzene rings is 1. The molecule has 29 heavy (non-hydrogen) atoms. The highest BCUT2D eigenvalue weighted by molar-refractivity contribution is 6.31. The van der Waals surface area contributed by atoms with Crippen LogP contribution in [0.15, 0.2) is 35.6 Å². The number of rotatable bonds is 4. The summed E-state index contributed by atoms with van der Waals surface area (Å²) in [4.78, 5) is 20.9. The lowest BCUT2D eigenvalue weighted by atomic mass is 10.1. The molecular formula is C20H24ClFN6O. The minimum absolute atomic E-state index is 0.000603. The normalized spacial score (nSPS) is 22.2. The molecule has 2 aliphatic rings. The topological polar surface area (TPSA) is 65.8 Å². The Labute approximate surface area is 174 Å². The number of nitrogens with one attached hydrogen (secondary N) is 1. The van der Waals surface area contributed by atoms with Gasteiger partial charge in [-0.3, -0.25) is 14.5 Å². The third-order valence-corrected chi connectivity index (χ3v) is 5.64.